The lowest BCUT2D eigenvalue weighted by Crippen LogP contribution is -2.35. The van der Waals surface area contributed by atoms with Crippen LogP contribution in [0.4, 0.5) is 5.69 Å². The number of amidine groups is 1. The Morgan fingerprint density at radius 3 is 2.83 bits per heavy atom. The fourth-order valence-electron chi connectivity index (χ4n) is 3.14. The van der Waals surface area contributed by atoms with Crippen LogP contribution in [0.2, 0.25) is 0 Å². The van der Waals surface area contributed by atoms with Crippen molar-refractivity contribution in [3.05, 3.63) is 70.1 Å². The van der Waals surface area contributed by atoms with E-state index in [0.717, 1.165) is 28.0 Å². The fourth-order valence-corrected chi connectivity index (χ4v) is 4.10. The molecule has 0 radical (unpaired) electrons. The summed E-state index contributed by atoms with van der Waals surface area (Å²) in [4.78, 5) is 30.6. The van der Waals surface area contributed by atoms with E-state index in [0.29, 0.717) is 23.0 Å². The molecule has 6 nitrogen and oxygen atoms in total. The molecule has 0 atom stereocenters. The Kier molecular flexibility index (Phi) is 5.40. The number of hydrogen-bond acceptors (Lipinski definition) is 6. The minimum absolute atomic E-state index is 0.116. The summed E-state index contributed by atoms with van der Waals surface area (Å²) in [5.41, 5.74) is 2.79. The summed E-state index contributed by atoms with van der Waals surface area (Å²) in [7, 11) is 0. The quantitative estimate of drug-likeness (QED) is 0.609. The molecule has 3 aromatic rings. The van der Waals surface area contributed by atoms with Gasteiger partial charge in [0, 0.05) is 29.8 Å². The van der Waals surface area contributed by atoms with Gasteiger partial charge in [0.2, 0.25) is 0 Å². The van der Waals surface area contributed by atoms with E-state index in [1.165, 1.54) is 6.07 Å². The van der Waals surface area contributed by atoms with Gasteiger partial charge in [-0.15, -0.1) is 0 Å². The average Bonchev–Trinajstić information content (AvgIpc) is 3.16. The summed E-state index contributed by atoms with van der Waals surface area (Å²) in [6.45, 7) is 4.33. The van der Waals surface area contributed by atoms with Crippen molar-refractivity contribution in [1.29, 1.82) is 0 Å². The second-order valence-corrected chi connectivity index (χ2v) is 7.83. The van der Waals surface area contributed by atoms with Gasteiger partial charge in [-0.1, -0.05) is 30.0 Å². The number of thioether (sulfide) groups is 1. The number of carbonyl (C=O) groups is 1. The van der Waals surface area contributed by atoms with Gasteiger partial charge in [0.25, 0.3) is 5.91 Å². The molecule has 4 rings (SSSR count). The third-order valence-electron chi connectivity index (χ3n) is 4.69. The largest absolute Gasteiger partial charge is 0.484 e. The van der Waals surface area contributed by atoms with Gasteiger partial charge in [0.1, 0.15) is 11.3 Å². The Labute approximate surface area is 172 Å². The van der Waals surface area contributed by atoms with E-state index in [9.17, 15) is 9.59 Å². The van der Waals surface area contributed by atoms with Crippen molar-refractivity contribution in [2.75, 3.05) is 18.9 Å². The first-order valence-electron chi connectivity index (χ1n) is 9.26. The molecule has 0 aliphatic carbocycles. The second kappa shape index (κ2) is 8.13. The highest BCUT2D eigenvalue weighted by atomic mass is 32.2. The maximum absolute atomic E-state index is 12.7. The molecule has 2 aromatic carbocycles. The molecule has 0 bridgehead atoms. The van der Waals surface area contributed by atoms with Gasteiger partial charge in [0.05, 0.1) is 5.69 Å². The van der Waals surface area contributed by atoms with Crippen LogP contribution in [0.1, 0.15) is 11.1 Å². The number of para-hydroxylation sites is 1. The van der Waals surface area contributed by atoms with E-state index in [-0.39, 0.29) is 12.5 Å². The van der Waals surface area contributed by atoms with E-state index in [4.69, 9.17) is 9.15 Å². The van der Waals surface area contributed by atoms with Crippen LogP contribution in [0.15, 0.2) is 62.7 Å². The number of nitrogens with zero attached hydrogens (tertiary/aromatic N) is 2. The van der Waals surface area contributed by atoms with Crippen LogP contribution < -0.4 is 10.4 Å². The van der Waals surface area contributed by atoms with Crippen molar-refractivity contribution >= 4 is 39.5 Å². The van der Waals surface area contributed by atoms with Crippen molar-refractivity contribution in [2.45, 2.75) is 13.8 Å². The van der Waals surface area contributed by atoms with Gasteiger partial charge in [0.15, 0.2) is 11.8 Å². The Balaban J connectivity index is 1.48. The smallest absolute Gasteiger partial charge is 0.336 e. The maximum Gasteiger partial charge on any atom is 0.336 e. The minimum Gasteiger partial charge on any atom is -0.484 e. The van der Waals surface area contributed by atoms with Gasteiger partial charge >= 0.3 is 5.63 Å². The number of fused-ring (bicyclic) bond motifs is 1. The summed E-state index contributed by atoms with van der Waals surface area (Å²) < 4.78 is 10.9. The number of rotatable bonds is 4. The first-order valence-corrected chi connectivity index (χ1v) is 10.2. The van der Waals surface area contributed by atoms with Gasteiger partial charge in [-0.2, -0.15) is 0 Å². The van der Waals surface area contributed by atoms with E-state index >= 15 is 0 Å². The third-order valence-corrected chi connectivity index (χ3v) is 5.65. The first-order chi connectivity index (χ1) is 14.0. The highest BCUT2D eigenvalue weighted by Gasteiger charge is 2.26. The van der Waals surface area contributed by atoms with Gasteiger partial charge in [-0.25, -0.2) is 9.79 Å². The number of carbonyl (C=O) groups excluding carboxylic acids is 1. The number of aliphatic imine (C=N–C) groups is 1. The van der Waals surface area contributed by atoms with Gasteiger partial charge in [-0.3, -0.25) is 9.69 Å². The van der Waals surface area contributed by atoms with E-state index in [1.54, 1.807) is 28.8 Å². The Morgan fingerprint density at radius 2 is 2.00 bits per heavy atom. The number of benzene rings is 2. The van der Waals surface area contributed by atoms with Crippen molar-refractivity contribution in [3.63, 3.8) is 0 Å². The Hall–Kier alpha value is -3.06. The molecule has 0 unspecified atom stereocenters. The zero-order valence-electron chi connectivity index (χ0n) is 16.2. The van der Waals surface area contributed by atoms with Crippen molar-refractivity contribution < 1.29 is 13.9 Å². The number of ether oxygens (including phenoxy) is 1. The zero-order chi connectivity index (χ0) is 20.4. The molecule has 0 N–H and O–H groups in total. The lowest BCUT2D eigenvalue weighted by Gasteiger charge is -2.16. The molecule has 2 heterocycles. The van der Waals surface area contributed by atoms with E-state index < -0.39 is 5.63 Å². The van der Waals surface area contributed by atoms with Crippen LogP contribution in [0, 0.1) is 13.8 Å². The number of hydrogen-bond donors (Lipinski definition) is 0. The molecule has 1 aliphatic rings. The number of amides is 1. The average molecular weight is 408 g/mol. The lowest BCUT2D eigenvalue weighted by atomic mass is 10.1. The molecule has 1 amide bonds. The summed E-state index contributed by atoms with van der Waals surface area (Å²) in [5.74, 6) is 1.12. The normalized spacial score (nSPS) is 15.2. The predicted molar refractivity (Wildman–Crippen MR) is 115 cm³/mol. The molecule has 1 fully saturated rings. The molecule has 7 heteroatoms. The summed E-state index contributed by atoms with van der Waals surface area (Å²) in [6.07, 6.45) is 0. The van der Waals surface area contributed by atoms with Crippen molar-refractivity contribution in [3.8, 4) is 5.75 Å². The van der Waals surface area contributed by atoms with Crippen LogP contribution in [0.3, 0.4) is 0 Å². The summed E-state index contributed by atoms with van der Waals surface area (Å²) in [6, 6.07) is 14.5. The Morgan fingerprint density at radius 1 is 1.17 bits per heavy atom. The van der Waals surface area contributed by atoms with Crippen LogP contribution >= 0.6 is 11.8 Å². The van der Waals surface area contributed by atoms with Crippen LogP contribution in [0.5, 0.6) is 5.75 Å². The second-order valence-electron chi connectivity index (χ2n) is 6.77. The lowest BCUT2D eigenvalue weighted by molar-refractivity contribution is -0.129. The SMILES string of the molecule is Cc1ccccc1N=C1SCCN1C(=O)COc1ccc2c(C)cc(=O)oc2c1. The van der Waals surface area contributed by atoms with E-state index in [1.807, 2.05) is 44.2 Å². The van der Waals surface area contributed by atoms with Gasteiger partial charge < -0.3 is 9.15 Å². The fraction of sp³-hybridized carbons (Fsp3) is 0.227. The third kappa shape index (κ3) is 4.19. The molecule has 1 saturated heterocycles. The Bertz CT molecular complexity index is 1170. The molecule has 148 valence electrons. The molecular weight excluding hydrogens is 388 g/mol. The topological polar surface area (TPSA) is 72.1 Å². The van der Waals surface area contributed by atoms with Gasteiger partial charge in [-0.05, 0) is 43.2 Å². The summed E-state index contributed by atoms with van der Waals surface area (Å²) in [5, 5.41) is 1.53. The van der Waals surface area contributed by atoms with Crippen LogP contribution in [-0.4, -0.2) is 34.9 Å². The predicted octanol–water partition coefficient (Wildman–Crippen LogP) is 4.05. The van der Waals surface area contributed by atoms with Crippen molar-refractivity contribution in [1.82, 2.24) is 4.90 Å². The first kappa shape index (κ1) is 19.3. The number of aryl methyl sites for hydroxylation is 2. The molecule has 1 aliphatic heterocycles. The monoisotopic (exact) mass is 408 g/mol. The maximum atomic E-state index is 12.7. The van der Waals surface area contributed by atoms with Crippen LogP contribution in [0.25, 0.3) is 11.0 Å². The summed E-state index contributed by atoms with van der Waals surface area (Å²) >= 11 is 1.56. The molecule has 1 aromatic heterocycles. The standard InChI is InChI=1S/C22H20N2O4S/c1-14-5-3-4-6-18(14)23-22-24(9-10-29-22)20(25)13-27-16-7-8-17-15(2)11-21(26)28-19(17)12-16/h3-8,11-12H,9-10,13H2,1-2H3. The zero-order valence-corrected chi connectivity index (χ0v) is 17.0. The highest BCUT2D eigenvalue weighted by molar-refractivity contribution is 8.14. The van der Waals surface area contributed by atoms with Crippen LogP contribution in [-0.2, 0) is 4.79 Å². The van der Waals surface area contributed by atoms with Crippen molar-refractivity contribution in [2.24, 2.45) is 4.99 Å². The molecule has 0 spiro atoms. The minimum atomic E-state index is -0.408. The molecule has 0 saturated carbocycles. The molecule has 29 heavy (non-hydrogen) atoms. The highest BCUT2D eigenvalue weighted by Crippen LogP contribution is 2.26. The van der Waals surface area contributed by atoms with E-state index in [2.05, 4.69) is 4.99 Å². The molecular formula is C22H20N2O4S.